The first-order valence-electron chi connectivity index (χ1n) is 8.62. The normalized spacial score (nSPS) is 12.8. The van der Waals surface area contributed by atoms with Crippen molar-refractivity contribution in [2.45, 2.75) is 19.4 Å². The van der Waals surface area contributed by atoms with Gasteiger partial charge in [-0.15, -0.1) is 0 Å². The molecule has 1 amide bonds. The molecule has 0 radical (unpaired) electrons. The number of sulfonamides is 1. The van der Waals surface area contributed by atoms with Crippen molar-refractivity contribution in [3.63, 3.8) is 0 Å². The van der Waals surface area contributed by atoms with Gasteiger partial charge < -0.3 is 5.32 Å². The van der Waals surface area contributed by atoms with E-state index in [4.69, 9.17) is 0 Å². The molecule has 1 unspecified atom stereocenters. The fourth-order valence-corrected chi connectivity index (χ4v) is 3.86. The molecular formula is C20H23FN2O3S2. The zero-order chi connectivity index (χ0) is 20.6. The van der Waals surface area contributed by atoms with E-state index in [1.165, 1.54) is 23.9 Å². The Balaban J connectivity index is 2.11. The smallest absolute Gasteiger partial charge is 0.242 e. The molecule has 0 heterocycles. The third-order valence-electron chi connectivity index (χ3n) is 3.91. The van der Waals surface area contributed by atoms with Gasteiger partial charge in [-0.05, 0) is 54.7 Å². The van der Waals surface area contributed by atoms with Crippen LogP contribution in [0.4, 0.5) is 10.1 Å². The zero-order valence-corrected chi connectivity index (χ0v) is 17.3. The number of carbonyl (C=O) groups is 1. The summed E-state index contributed by atoms with van der Waals surface area (Å²) in [6, 6.07) is 12.3. The van der Waals surface area contributed by atoms with Gasteiger partial charge in [-0.1, -0.05) is 36.4 Å². The number of rotatable bonds is 9. The van der Waals surface area contributed by atoms with E-state index in [-0.39, 0.29) is 5.69 Å². The summed E-state index contributed by atoms with van der Waals surface area (Å²) in [5, 5.41) is 3.61. The molecule has 5 nitrogen and oxygen atoms in total. The van der Waals surface area contributed by atoms with E-state index >= 15 is 0 Å². The lowest BCUT2D eigenvalue weighted by Crippen LogP contribution is -2.43. The number of hydrogen-bond acceptors (Lipinski definition) is 4. The van der Waals surface area contributed by atoms with E-state index in [9.17, 15) is 17.6 Å². The van der Waals surface area contributed by atoms with Gasteiger partial charge in [0.2, 0.25) is 15.9 Å². The fraction of sp³-hybridized carbons (Fsp3) is 0.250. The quantitative estimate of drug-likeness (QED) is 0.645. The summed E-state index contributed by atoms with van der Waals surface area (Å²) in [7, 11) is -3.84. The number of nitrogens with one attached hydrogen (secondary N) is 2. The van der Waals surface area contributed by atoms with Crippen LogP contribution in [-0.4, -0.2) is 32.4 Å². The van der Waals surface area contributed by atoms with Gasteiger partial charge in [-0.2, -0.15) is 16.5 Å². The van der Waals surface area contributed by atoms with Crippen LogP contribution in [0.25, 0.3) is 6.08 Å². The van der Waals surface area contributed by atoms with Crippen molar-refractivity contribution >= 4 is 39.5 Å². The molecule has 8 heteroatoms. The van der Waals surface area contributed by atoms with Gasteiger partial charge >= 0.3 is 0 Å². The molecule has 0 saturated heterocycles. The fourth-order valence-electron chi connectivity index (χ4n) is 2.35. The number of benzene rings is 2. The number of halogens is 1. The number of carbonyl (C=O) groups excluding carboxylic acids is 1. The van der Waals surface area contributed by atoms with Gasteiger partial charge in [0.1, 0.15) is 11.9 Å². The monoisotopic (exact) mass is 422 g/mol. The second-order valence-corrected chi connectivity index (χ2v) is 8.75. The molecule has 150 valence electrons. The molecule has 28 heavy (non-hydrogen) atoms. The Morgan fingerprint density at radius 1 is 1.21 bits per heavy atom. The lowest BCUT2D eigenvalue weighted by atomic mass is 10.2. The molecule has 0 fully saturated rings. The number of aryl methyl sites for hydroxylation is 1. The molecule has 0 aromatic heterocycles. The molecule has 0 bridgehead atoms. The van der Waals surface area contributed by atoms with Gasteiger partial charge in [0.25, 0.3) is 0 Å². The molecular weight excluding hydrogens is 399 g/mol. The second-order valence-electron chi connectivity index (χ2n) is 6.16. The molecule has 0 aliphatic heterocycles. The number of hydrogen-bond donors (Lipinski definition) is 2. The molecule has 0 spiro atoms. The van der Waals surface area contributed by atoms with Crippen LogP contribution in [0.1, 0.15) is 17.5 Å². The van der Waals surface area contributed by atoms with Crippen LogP contribution < -0.4 is 10.0 Å². The summed E-state index contributed by atoms with van der Waals surface area (Å²) in [6.07, 6.45) is 3.63. The standard InChI is InChI=1S/C20H23FN2O3S2/c1-15-8-9-17(14-18(15)21)22-20(24)19(10-12-27-2)23-28(25,26)13-11-16-6-4-3-5-7-16/h3-9,11,13-14,19,23H,10,12H2,1-2H3,(H,22,24)/b13-11+. The summed E-state index contributed by atoms with van der Waals surface area (Å²) < 4.78 is 40.9. The third-order valence-corrected chi connectivity index (χ3v) is 5.66. The highest BCUT2D eigenvalue weighted by molar-refractivity contribution is 7.98. The van der Waals surface area contributed by atoms with Crippen molar-refractivity contribution in [3.8, 4) is 0 Å². The topological polar surface area (TPSA) is 75.3 Å². The van der Waals surface area contributed by atoms with Gasteiger partial charge in [0.05, 0.1) is 0 Å². The van der Waals surface area contributed by atoms with Crippen LogP contribution in [0.15, 0.2) is 53.9 Å². The van der Waals surface area contributed by atoms with E-state index in [1.54, 1.807) is 43.3 Å². The highest BCUT2D eigenvalue weighted by Crippen LogP contribution is 2.15. The molecule has 2 aromatic carbocycles. The Morgan fingerprint density at radius 2 is 1.93 bits per heavy atom. The van der Waals surface area contributed by atoms with Crippen LogP contribution >= 0.6 is 11.8 Å². The maximum atomic E-state index is 13.7. The van der Waals surface area contributed by atoms with Gasteiger partial charge in [0.15, 0.2) is 0 Å². The van der Waals surface area contributed by atoms with Crippen LogP contribution in [0.2, 0.25) is 0 Å². The van der Waals surface area contributed by atoms with Gasteiger partial charge in [0, 0.05) is 11.1 Å². The summed E-state index contributed by atoms with van der Waals surface area (Å²) in [5.74, 6) is -0.385. The lowest BCUT2D eigenvalue weighted by molar-refractivity contribution is -0.117. The van der Waals surface area contributed by atoms with Crippen molar-refractivity contribution in [3.05, 3.63) is 70.9 Å². The maximum absolute atomic E-state index is 13.7. The lowest BCUT2D eigenvalue weighted by Gasteiger charge is -2.17. The Hall–Kier alpha value is -2.16. The average molecular weight is 423 g/mol. The largest absolute Gasteiger partial charge is 0.325 e. The van der Waals surface area contributed by atoms with Crippen molar-refractivity contribution in [2.75, 3.05) is 17.3 Å². The summed E-state index contributed by atoms with van der Waals surface area (Å²) in [6.45, 7) is 1.62. The van der Waals surface area contributed by atoms with Crippen molar-refractivity contribution in [1.29, 1.82) is 0 Å². The van der Waals surface area contributed by atoms with E-state index in [2.05, 4.69) is 10.0 Å². The van der Waals surface area contributed by atoms with E-state index in [1.807, 2.05) is 12.3 Å². The minimum Gasteiger partial charge on any atom is -0.325 e. The first-order valence-corrected chi connectivity index (χ1v) is 11.6. The highest BCUT2D eigenvalue weighted by atomic mass is 32.2. The number of thioether (sulfide) groups is 1. The minimum absolute atomic E-state index is 0.279. The van der Waals surface area contributed by atoms with Crippen molar-refractivity contribution < 1.29 is 17.6 Å². The SMILES string of the molecule is CSCCC(NS(=O)(=O)/C=C/c1ccccc1)C(=O)Nc1ccc(C)c(F)c1. The maximum Gasteiger partial charge on any atom is 0.242 e. The zero-order valence-electron chi connectivity index (χ0n) is 15.7. The molecule has 2 rings (SSSR count). The molecule has 2 N–H and O–H groups in total. The number of amides is 1. The van der Waals surface area contributed by atoms with Gasteiger partial charge in [-0.25, -0.2) is 12.8 Å². The predicted molar refractivity (Wildman–Crippen MR) is 114 cm³/mol. The number of anilines is 1. The first-order chi connectivity index (χ1) is 13.3. The summed E-state index contributed by atoms with van der Waals surface area (Å²) in [5.41, 5.74) is 1.47. The average Bonchev–Trinajstić information content (AvgIpc) is 2.67. The second kappa shape index (κ2) is 10.4. The summed E-state index contributed by atoms with van der Waals surface area (Å²) in [4.78, 5) is 12.6. The van der Waals surface area contributed by atoms with E-state index < -0.39 is 27.8 Å². The molecule has 1 atom stereocenters. The highest BCUT2D eigenvalue weighted by Gasteiger charge is 2.23. The van der Waals surface area contributed by atoms with Crippen molar-refractivity contribution in [2.24, 2.45) is 0 Å². The predicted octanol–water partition coefficient (Wildman–Crippen LogP) is 3.78. The Kier molecular flexibility index (Phi) is 8.22. The Bertz CT molecular complexity index is 932. The van der Waals surface area contributed by atoms with E-state index in [0.29, 0.717) is 17.7 Å². The first kappa shape index (κ1) is 22.1. The van der Waals surface area contributed by atoms with Crippen LogP contribution in [-0.2, 0) is 14.8 Å². The summed E-state index contributed by atoms with van der Waals surface area (Å²) >= 11 is 1.50. The van der Waals surface area contributed by atoms with Crippen LogP contribution in [0.3, 0.4) is 0 Å². The molecule has 0 aliphatic carbocycles. The minimum atomic E-state index is -3.84. The van der Waals surface area contributed by atoms with Crippen LogP contribution in [0.5, 0.6) is 0 Å². The Labute approximate surface area is 169 Å². The van der Waals surface area contributed by atoms with E-state index in [0.717, 1.165) is 11.0 Å². The molecule has 2 aromatic rings. The van der Waals surface area contributed by atoms with Crippen LogP contribution in [0, 0.1) is 12.7 Å². The molecule has 0 aliphatic rings. The Morgan fingerprint density at radius 3 is 2.57 bits per heavy atom. The van der Waals surface area contributed by atoms with Crippen molar-refractivity contribution in [1.82, 2.24) is 4.72 Å². The third kappa shape index (κ3) is 7.10. The molecule has 0 saturated carbocycles. The van der Waals surface area contributed by atoms with Gasteiger partial charge in [-0.3, -0.25) is 4.79 Å².